The fourth-order valence-electron chi connectivity index (χ4n) is 2.43. The first-order valence-electron chi connectivity index (χ1n) is 7.73. The minimum atomic E-state index is -4.56. The number of carbonyl (C=O) groups is 1. The normalized spacial score (nSPS) is 11.4. The van der Waals surface area contributed by atoms with Crippen molar-refractivity contribution in [1.82, 2.24) is 9.97 Å². The van der Waals surface area contributed by atoms with E-state index in [9.17, 15) is 18.0 Å². The van der Waals surface area contributed by atoms with Gasteiger partial charge in [-0.1, -0.05) is 12.1 Å². The number of nitrogens with one attached hydrogen (secondary N) is 2. The molecule has 2 N–H and O–H groups in total. The molecule has 0 bridgehead atoms. The number of hydrogen-bond acceptors (Lipinski definition) is 3. The Morgan fingerprint density at radius 2 is 1.58 bits per heavy atom. The predicted octanol–water partition coefficient (Wildman–Crippen LogP) is 4.91. The molecule has 2 aromatic carbocycles. The van der Waals surface area contributed by atoms with Crippen LogP contribution >= 0.6 is 0 Å². The van der Waals surface area contributed by atoms with Crippen molar-refractivity contribution in [1.29, 1.82) is 0 Å². The third kappa shape index (κ3) is 3.74. The summed E-state index contributed by atoms with van der Waals surface area (Å²) in [6.07, 6.45) is -4.56. The minimum Gasteiger partial charge on any atom is -0.308 e. The number of benzene rings is 2. The maximum absolute atomic E-state index is 13.0. The molecular formula is C18H15F3N4O. The first-order chi connectivity index (χ1) is 12.2. The topological polar surface area (TPSA) is 66.9 Å². The van der Waals surface area contributed by atoms with Crippen LogP contribution in [-0.4, -0.2) is 16.0 Å². The molecule has 0 fully saturated rings. The summed E-state index contributed by atoms with van der Waals surface area (Å²) < 4.78 is 39.0. The first kappa shape index (κ1) is 17.7. The maximum atomic E-state index is 13.0. The summed E-state index contributed by atoms with van der Waals surface area (Å²) in [7, 11) is 0. The van der Waals surface area contributed by atoms with Crippen molar-refractivity contribution in [3.05, 3.63) is 59.4 Å². The van der Waals surface area contributed by atoms with Crippen LogP contribution in [-0.2, 0) is 6.18 Å². The molecule has 0 atom stereocenters. The van der Waals surface area contributed by atoms with E-state index in [0.29, 0.717) is 16.7 Å². The number of anilines is 2. The zero-order chi connectivity index (χ0) is 18.9. The summed E-state index contributed by atoms with van der Waals surface area (Å²) in [5.41, 5.74) is 1.99. The Bertz CT molecular complexity index is 986. The Hall–Kier alpha value is -3.16. The number of aryl methyl sites for hydroxylation is 2. The van der Waals surface area contributed by atoms with Crippen molar-refractivity contribution in [3.8, 4) is 0 Å². The fraction of sp³-hybridized carbons (Fsp3) is 0.167. The quantitative estimate of drug-likeness (QED) is 0.682. The van der Waals surface area contributed by atoms with Crippen LogP contribution in [0.25, 0.3) is 11.0 Å². The number of aromatic nitrogens is 2. The highest BCUT2D eigenvalue weighted by molar-refractivity contribution is 6.01. The van der Waals surface area contributed by atoms with Gasteiger partial charge in [0.15, 0.2) is 0 Å². The van der Waals surface area contributed by atoms with Gasteiger partial charge in [0, 0.05) is 5.69 Å². The molecule has 1 heterocycles. The second kappa shape index (κ2) is 6.62. The van der Waals surface area contributed by atoms with Crippen molar-refractivity contribution in [2.45, 2.75) is 20.0 Å². The second-order valence-corrected chi connectivity index (χ2v) is 5.72. The number of rotatable bonds is 2. The Labute approximate surface area is 147 Å². The van der Waals surface area contributed by atoms with Crippen LogP contribution in [0.15, 0.2) is 42.5 Å². The number of nitrogens with zero attached hydrogens (tertiary/aromatic N) is 2. The smallest absolute Gasteiger partial charge is 0.308 e. The molecule has 0 saturated heterocycles. The van der Waals surface area contributed by atoms with E-state index in [-0.39, 0.29) is 5.69 Å². The predicted molar refractivity (Wildman–Crippen MR) is 93.1 cm³/mol. The van der Waals surface area contributed by atoms with Gasteiger partial charge in [-0.15, -0.1) is 0 Å². The van der Waals surface area contributed by atoms with Crippen LogP contribution in [0.5, 0.6) is 0 Å². The fourth-order valence-corrected chi connectivity index (χ4v) is 2.43. The number of halogens is 3. The number of urea groups is 1. The van der Waals surface area contributed by atoms with E-state index < -0.39 is 17.8 Å². The summed E-state index contributed by atoms with van der Waals surface area (Å²) >= 11 is 0. The minimum absolute atomic E-state index is 0.315. The summed E-state index contributed by atoms with van der Waals surface area (Å²) in [4.78, 5) is 20.9. The third-order valence-electron chi connectivity index (χ3n) is 3.81. The van der Waals surface area contributed by atoms with Crippen LogP contribution < -0.4 is 10.6 Å². The summed E-state index contributed by atoms with van der Waals surface area (Å²) in [6, 6.07) is 8.92. The lowest BCUT2D eigenvalue weighted by Gasteiger charge is -2.14. The van der Waals surface area contributed by atoms with E-state index in [1.165, 1.54) is 18.2 Å². The molecule has 0 aliphatic carbocycles. The van der Waals surface area contributed by atoms with E-state index in [0.717, 1.165) is 17.5 Å². The van der Waals surface area contributed by atoms with Gasteiger partial charge in [-0.3, -0.25) is 0 Å². The largest absolute Gasteiger partial charge is 0.418 e. The Morgan fingerprint density at radius 3 is 2.27 bits per heavy atom. The van der Waals surface area contributed by atoms with Crippen LogP contribution in [0, 0.1) is 13.8 Å². The molecule has 3 rings (SSSR count). The second-order valence-electron chi connectivity index (χ2n) is 5.72. The highest BCUT2D eigenvalue weighted by atomic mass is 19.4. The Kier molecular flexibility index (Phi) is 4.50. The van der Waals surface area contributed by atoms with Crippen molar-refractivity contribution in [3.63, 3.8) is 0 Å². The van der Waals surface area contributed by atoms with Gasteiger partial charge in [0.05, 0.1) is 33.7 Å². The molecule has 1 aromatic heterocycles. The number of fused-ring (bicyclic) bond motifs is 1. The van der Waals surface area contributed by atoms with Crippen molar-refractivity contribution < 1.29 is 18.0 Å². The van der Waals surface area contributed by atoms with E-state index in [4.69, 9.17) is 0 Å². The lowest BCUT2D eigenvalue weighted by atomic mass is 10.1. The standard InChI is InChI=1S/C18H15F3N4O/c1-10-11(2)23-16-9-12(7-8-15(16)22-10)24-17(26)25-14-6-4-3-5-13(14)18(19,20)21/h3-9H,1-2H3,(H2,24,25,26). The SMILES string of the molecule is Cc1nc2ccc(NC(=O)Nc3ccccc3C(F)(F)F)cc2nc1C. The van der Waals surface area contributed by atoms with Crippen molar-refractivity contribution in [2.75, 3.05) is 10.6 Å². The number of amides is 2. The maximum Gasteiger partial charge on any atom is 0.418 e. The summed E-state index contributed by atoms with van der Waals surface area (Å²) in [5.74, 6) is 0. The lowest BCUT2D eigenvalue weighted by Crippen LogP contribution is -2.21. The molecule has 0 saturated carbocycles. The van der Waals surface area contributed by atoms with E-state index in [1.807, 2.05) is 13.8 Å². The number of para-hydroxylation sites is 1. The zero-order valence-electron chi connectivity index (χ0n) is 14.0. The van der Waals surface area contributed by atoms with Gasteiger partial charge in [0.2, 0.25) is 0 Å². The van der Waals surface area contributed by atoms with Gasteiger partial charge in [0.1, 0.15) is 0 Å². The number of carbonyl (C=O) groups excluding carboxylic acids is 1. The highest BCUT2D eigenvalue weighted by Gasteiger charge is 2.33. The Balaban J connectivity index is 1.81. The van der Waals surface area contributed by atoms with Crippen LogP contribution in [0.4, 0.5) is 29.3 Å². The Morgan fingerprint density at radius 1 is 0.923 bits per heavy atom. The highest BCUT2D eigenvalue weighted by Crippen LogP contribution is 2.34. The summed E-state index contributed by atoms with van der Waals surface area (Å²) in [6.45, 7) is 3.67. The molecule has 134 valence electrons. The summed E-state index contributed by atoms with van der Waals surface area (Å²) in [5, 5.41) is 4.74. The molecule has 0 aliphatic heterocycles. The molecule has 0 aliphatic rings. The number of hydrogen-bond donors (Lipinski definition) is 2. The first-order valence-corrected chi connectivity index (χ1v) is 7.73. The zero-order valence-corrected chi connectivity index (χ0v) is 14.0. The van der Waals surface area contributed by atoms with Gasteiger partial charge in [-0.25, -0.2) is 14.8 Å². The van der Waals surface area contributed by atoms with Gasteiger partial charge in [-0.05, 0) is 44.2 Å². The van der Waals surface area contributed by atoms with Crippen molar-refractivity contribution >= 4 is 28.4 Å². The van der Waals surface area contributed by atoms with Crippen LogP contribution in [0.3, 0.4) is 0 Å². The molecule has 2 amide bonds. The van der Waals surface area contributed by atoms with Crippen LogP contribution in [0.1, 0.15) is 17.0 Å². The van der Waals surface area contributed by atoms with E-state index in [1.54, 1.807) is 18.2 Å². The average molecular weight is 360 g/mol. The van der Waals surface area contributed by atoms with Gasteiger partial charge in [-0.2, -0.15) is 13.2 Å². The van der Waals surface area contributed by atoms with Crippen LogP contribution in [0.2, 0.25) is 0 Å². The van der Waals surface area contributed by atoms with Gasteiger partial charge < -0.3 is 10.6 Å². The monoisotopic (exact) mass is 360 g/mol. The van der Waals surface area contributed by atoms with E-state index in [2.05, 4.69) is 20.6 Å². The van der Waals surface area contributed by atoms with Gasteiger partial charge >= 0.3 is 12.2 Å². The molecule has 3 aromatic rings. The molecule has 5 nitrogen and oxygen atoms in total. The average Bonchev–Trinajstić information content (AvgIpc) is 2.55. The molecule has 0 radical (unpaired) electrons. The molecule has 0 unspecified atom stereocenters. The van der Waals surface area contributed by atoms with Gasteiger partial charge in [0.25, 0.3) is 0 Å². The molecule has 26 heavy (non-hydrogen) atoms. The lowest BCUT2D eigenvalue weighted by molar-refractivity contribution is -0.136. The molecule has 0 spiro atoms. The number of alkyl halides is 3. The van der Waals surface area contributed by atoms with Crippen molar-refractivity contribution in [2.24, 2.45) is 0 Å². The molecular weight excluding hydrogens is 345 g/mol. The molecule has 8 heteroatoms. The third-order valence-corrected chi connectivity index (χ3v) is 3.81. The van der Waals surface area contributed by atoms with E-state index >= 15 is 0 Å².